The van der Waals surface area contributed by atoms with Gasteiger partial charge >= 0.3 is 0 Å². The Balaban J connectivity index is 1.81. The van der Waals surface area contributed by atoms with Gasteiger partial charge in [-0.2, -0.15) is 0 Å². The Kier molecular flexibility index (Phi) is 3.44. The van der Waals surface area contributed by atoms with Gasteiger partial charge < -0.3 is 0 Å². The van der Waals surface area contributed by atoms with E-state index in [1.165, 1.54) is 32.3 Å². The summed E-state index contributed by atoms with van der Waals surface area (Å²) in [5, 5.41) is 7.30. The van der Waals surface area contributed by atoms with E-state index >= 15 is 0 Å². The van der Waals surface area contributed by atoms with Crippen LogP contribution < -0.4 is 0 Å². The molecule has 0 atom stereocenters. The van der Waals surface area contributed by atoms with Gasteiger partial charge in [0.2, 0.25) is 0 Å². The molecule has 5 rings (SSSR count). The van der Waals surface area contributed by atoms with Crippen LogP contribution in [0.2, 0.25) is 0 Å². The van der Waals surface area contributed by atoms with Gasteiger partial charge in [-0.1, -0.05) is 96.8 Å². The number of rotatable bonds is 0. The molecule has 0 aliphatic rings. The molecule has 0 unspecified atom stereocenters. The number of fused-ring (bicyclic) bond motifs is 3. The summed E-state index contributed by atoms with van der Waals surface area (Å²) < 4.78 is 0. The van der Waals surface area contributed by atoms with Crippen LogP contribution in [0.15, 0.2) is 97.1 Å². The van der Waals surface area contributed by atoms with Crippen LogP contribution in [0, 0.1) is 11.8 Å². The topological polar surface area (TPSA) is 0 Å². The predicted octanol–water partition coefficient (Wildman–Crippen LogP) is 6.55. The van der Waals surface area contributed by atoms with Crippen LogP contribution >= 0.6 is 0 Å². The van der Waals surface area contributed by atoms with E-state index in [1.807, 2.05) is 0 Å². The van der Waals surface area contributed by atoms with Crippen molar-refractivity contribution in [2.24, 2.45) is 0 Å². The summed E-state index contributed by atoms with van der Waals surface area (Å²) in [6.45, 7) is 0. The van der Waals surface area contributed by atoms with E-state index in [4.69, 9.17) is 0 Å². The lowest BCUT2D eigenvalue weighted by atomic mass is 9.96. The lowest BCUT2D eigenvalue weighted by Gasteiger charge is -2.06. The van der Waals surface area contributed by atoms with E-state index in [0.717, 1.165) is 11.1 Å². The minimum absolute atomic E-state index is 1.07. The van der Waals surface area contributed by atoms with E-state index < -0.39 is 0 Å². The Morgan fingerprint density at radius 3 is 1.65 bits per heavy atom. The third-order valence-electron chi connectivity index (χ3n) is 4.88. The second-order valence-electron chi connectivity index (χ2n) is 6.47. The molecule has 0 saturated heterocycles. The Morgan fingerprint density at radius 2 is 0.962 bits per heavy atom. The molecule has 0 saturated carbocycles. The molecule has 0 aromatic heterocycles. The fourth-order valence-corrected chi connectivity index (χ4v) is 3.61. The van der Waals surface area contributed by atoms with Gasteiger partial charge in [-0.15, -0.1) is 0 Å². The highest BCUT2D eigenvalue weighted by Crippen LogP contribution is 2.28. The standard InChI is InChI=1S/C26H16/c1-4-13-23-19(8-1)11-7-12-20(23)16-17-26-24-14-5-2-9-21(24)18-22-10-3-6-15-25(22)26/h1-15,18H. The van der Waals surface area contributed by atoms with Crippen molar-refractivity contribution in [3.05, 3.63) is 108 Å². The average molecular weight is 328 g/mol. The molecule has 0 spiro atoms. The highest BCUT2D eigenvalue weighted by Gasteiger charge is 2.05. The molecule has 0 aliphatic carbocycles. The summed E-state index contributed by atoms with van der Waals surface area (Å²) in [6, 6.07) is 33.9. The van der Waals surface area contributed by atoms with Crippen molar-refractivity contribution in [1.29, 1.82) is 0 Å². The first-order valence-electron chi connectivity index (χ1n) is 8.80. The van der Waals surface area contributed by atoms with Crippen LogP contribution in [-0.2, 0) is 0 Å². The highest BCUT2D eigenvalue weighted by atomic mass is 14.1. The van der Waals surface area contributed by atoms with Crippen molar-refractivity contribution in [2.45, 2.75) is 0 Å². The van der Waals surface area contributed by atoms with Crippen LogP contribution in [0.3, 0.4) is 0 Å². The third kappa shape index (κ3) is 2.42. The molecule has 0 N–H and O–H groups in total. The molecule has 5 aromatic carbocycles. The SMILES string of the molecule is C(#Cc1c2ccccc2cc2ccccc12)c1cccc2ccccc12. The molecule has 26 heavy (non-hydrogen) atoms. The van der Waals surface area contributed by atoms with Gasteiger partial charge in [-0.05, 0) is 44.5 Å². The quantitative estimate of drug-likeness (QED) is 0.223. The van der Waals surface area contributed by atoms with Crippen molar-refractivity contribution in [1.82, 2.24) is 0 Å². The molecular formula is C26H16. The Hall–Kier alpha value is -3.56. The molecule has 0 bridgehead atoms. The van der Waals surface area contributed by atoms with Crippen molar-refractivity contribution >= 4 is 32.3 Å². The Bertz CT molecular complexity index is 1270. The fraction of sp³-hybridized carbons (Fsp3) is 0. The molecule has 0 aliphatic heterocycles. The largest absolute Gasteiger partial charge is 0.0616 e. The molecule has 0 nitrogen and oxygen atoms in total. The number of benzene rings is 5. The zero-order valence-electron chi connectivity index (χ0n) is 14.2. The zero-order valence-corrected chi connectivity index (χ0v) is 14.2. The maximum Gasteiger partial charge on any atom is 0.0405 e. The lowest BCUT2D eigenvalue weighted by molar-refractivity contribution is 1.69. The van der Waals surface area contributed by atoms with Gasteiger partial charge in [-0.25, -0.2) is 0 Å². The van der Waals surface area contributed by atoms with Gasteiger partial charge in [0.1, 0.15) is 0 Å². The van der Waals surface area contributed by atoms with Crippen LogP contribution in [0.4, 0.5) is 0 Å². The minimum Gasteiger partial charge on any atom is -0.0616 e. The van der Waals surface area contributed by atoms with Crippen molar-refractivity contribution in [3.8, 4) is 11.8 Å². The smallest absolute Gasteiger partial charge is 0.0405 e. The summed E-state index contributed by atoms with van der Waals surface area (Å²) in [7, 11) is 0. The van der Waals surface area contributed by atoms with E-state index in [2.05, 4.69) is 109 Å². The van der Waals surface area contributed by atoms with Gasteiger partial charge in [-0.3, -0.25) is 0 Å². The molecule has 0 radical (unpaired) electrons. The molecule has 0 fully saturated rings. The second-order valence-corrected chi connectivity index (χ2v) is 6.47. The normalized spacial score (nSPS) is 10.8. The fourth-order valence-electron chi connectivity index (χ4n) is 3.61. The average Bonchev–Trinajstić information content (AvgIpc) is 2.71. The number of hydrogen-bond acceptors (Lipinski definition) is 0. The Labute approximate surface area is 152 Å². The monoisotopic (exact) mass is 328 g/mol. The summed E-state index contributed by atoms with van der Waals surface area (Å²) >= 11 is 0. The number of hydrogen-bond donors (Lipinski definition) is 0. The highest BCUT2D eigenvalue weighted by molar-refractivity contribution is 6.04. The second kappa shape index (κ2) is 6.06. The van der Waals surface area contributed by atoms with Crippen molar-refractivity contribution < 1.29 is 0 Å². The molecule has 0 heterocycles. The van der Waals surface area contributed by atoms with E-state index in [9.17, 15) is 0 Å². The molecule has 120 valence electrons. The molecule has 5 aromatic rings. The van der Waals surface area contributed by atoms with Gasteiger partial charge in [0, 0.05) is 11.1 Å². The van der Waals surface area contributed by atoms with Crippen molar-refractivity contribution in [3.63, 3.8) is 0 Å². The first kappa shape index (κ1) is 14.8. The van der Waals surface area contributed by atoms with E-state index in [0.29, 0.717) is 0 Å². The van der Waals surface area contributed by atoms with Crippen LogP contribution in [0.5, 0.6) is 0 Å². The van der Waals surface area contributed by atoms with E-state index in [-0.39, 0.29) is 0 Å². The molecular weight excluding hydrogens is 312 g/mol. The van der Waals surface area contributed by atoms with Gasteiger partial charge in [0.05, 0.1) is 0 Å². The van der Waals surface area contributed by atoms with E-state index in [1.54, 1.807) is 0 Å². The summed E-state index contributed by atoms with van der Waals surface area (Å²) in [5.41, 5.74) is 2.17. The first-order valence-corrected chi connectivity index (χ1v) is 8.80. The third-order valence-corrected chi connectivity index (χ3v) is 4.88. The predicted molar refractivity (Wildman–Crippen MR) is 111 cm³/mol. The van der Waals surface area contributed by atoms with Crippen LogP contribution in [0.25, 0.3) is 32.3 Å². The van der Waals surface area contributed by atoms with Gasteiger partial charge in [0.25, 0.3) is 0 Å². The molecule has 0 amide bonds. The van der Waals surface area contributed by atoms with Gasteiger partial charge in [0.15, 0.2) is 0 Å². The minimum atomic E-state index is 1.07. The van der Waals surface area contributed by atoms with Crippen LogP contribution in [0.1, 0.15) is 11.1 Å². The van der Waals surface area contributed by atoms with Crippen LogP contribution in [-0.4, -0.2) is 0 Å². The summed E-state index contributed by atoms with van der Waals surface area (Å²) in [6.07, 6.45) is 0. The molecule has 0 heteroatoms. The maximum absolute atomic E-state index is 3.49. The first-order chi connectivity index (χ1) is 12.9. The summed E-state index contributed by atoms with van der Waals surface area (Å²) in [5.74, 6) is 6.93. The summed E-state index contributed by atoms with van der Waals surface area (Å²) in [4.78, 5) is 0. The maximum atomic E-state index is 3.49. The zero-order chi connectivity index (χ0) is 17.3. The Morgan fingerprint density at radius 1 is 0.423 bits per heavy atom. The van der Waals surface area contributed by atoms with Crippen molar-refractivity contribution in [2.75, 3.05) is 0 Å². The lowest BCUT2D eigenvalue weighted by Crippen LogP contribution is -1.85.